The van der Waals surface area contributed by atoms with Crippen molar-refractivity contribution >= 4 is 5.97 Å². The van der Waals surface area contributed by atoms with Crippen LogP contribution in [-0.2, 0) is 4.74 Å². The normalized spacial score (nSPS) is 9.89. The van der Waals surface area contributed by atoms with Crippen molar-refractivity contribution < 1.29 is 14.3 Å². The third kappa shape index (κ3) is 2.29. The van der Waals surface area contributed by atoms with Crippen LogP contribution < -0.4 is 4.74 Å². The summed E-state index contributed by atoms with van der Waals surface area (Å²) in [5, 5.41) is 0. The van der Waals surface area contributed by atoms with E-state index in [9.17, 15) is 4.79 Å². The molecule has 0 fully saturated rings. The Morgan fingerprint density at radius 2 is 2.06 bits per heavy atom. The molecule has 2 aromatic rings. The van der Waals surface area contributed by atoms with Crippen LogP contribution in [0.2, 0.25) is 0 Å². The summed E-state index contributed by atoms with van der Waals surface area (Å²) >= 11 is 0. The molecule has 18 heavy (non-hydrogen) atoms. The molecule has 2 rings (SSSR count). The van der Waals surface area contributed by atoms with Gasteiger partial charge in [-0.15, -0.1) is 0 Å². The van der Waals surface area contributed by atoms with Crippen LogP contribution in [0.3, 0.4) is 0 Å². The topological polar surface area (TPSA) is 61.3 Å². The second-order valence-electron chi connectivity index (χ2n) is 3.50. The Bertz CT molecular complexity index is 555. The predicted molar refractivity (Wildman–Crippen MR) is 65.4 cm³/mol. The van der Waals surface area contributed by atoms with Crippen molar-refractivity contribution in [2.24, 2.45) is 0 Å². The number of carbonyl (C=O) groups excluding carboxylic acids is 1. The minimum atomic E-state index is -0.433. The number of carbonyl (C=O) groups is 1. The van der Waals surface area contributed by atoms with Crippen molar-refractivity contribution in [3.63, 3.8) is 0 Å². The fourth-order valence-electron chi connectivity index (χ4n) is 1.58. The average molecular weight is 244 g/mol. The highest BCUT2D eigenvalue weighted by Crippen LogP contribution is 2.26. The maximum Gasteiger partial charge on any atom is 0.341 e. The molecule has 0 atom stereocenters. The van der Waals surface area contributed by atoms with Gasteiger partial charge in [0, 0.05) is 18.0 Å². The molecule has 0 saturated heterocycles. The van der Waals surface area contributed by atoms with Gasteiger partial charge in [-0.25, -0.2) is 4.79 Å². The summed E-state index contributed by atoms with van der Waals surface area (Å²) in [5.74, 6) is 0.0162. The fraction of sp³-hybridized carbons (Fsp3) is 0.154. The smallest absolute Gasteiger partial charge is 0.341 e. The van der Waals surface area contributed by atoms with E-state index in [1.54, 1.807) is 36.8 Å². The summed E-state index contributed by atoms with van der Waals surface area (Å²) in [4.78, 5) is 19.7. The lowest BCUT2D eigenvalue weighted by Gasteiger charge is -2.08. The molecule has 5 heteroatoms. The number of benzene rings is 1. The van der Waals surface area contributed by atoms with Crippen LogP contribution in [0.15, 0.2) is 36.8 Å². The number of nitrogens with zero attached hydrogens (tertiary/aromatic N) is 2. The summed E-state index contributed by atoms with van der Waals surface area (Å²) < 4.78 is 9.86. The minimum absolute atomic E-state index is 0.382. The molecule has 0 radical (unpaired) electrons. The Hall–Kier alpha value is -2.43. The van der Waals surface area contributed by atoms with Crippen LogP contribution in [0.25, 0.3) is 11.3 Å². The van der Waals surface area contributed by atoms with Crippen LogP contribution >= 0.6 is 0 Å². The summed E-state index contributed by atoms with van der Waals surface area (Å²) in [6, 6.07) is 5.16. The number of hydrogen-bond donors (Lipinski definition) is 0. The van der Waals surface area contributed by atoms with E-state index in [0.29, 0.717) is 17.0 Å². The minimum Gasteiger partial charge on any atom is -0.496 e. The summed E-state index contributed by atoms with van der Waals surface area (Å²) in [5.41, 5.74) is 1.92. The Balaban J connectivity index is 2.45. The molecule has 0 N–H and O–H groups in total. The standard InChI is InChI=1S/C13H12N2O3/c1-17-12-7-9(11-8-14-5-6-15-11)3-4-10(12)13(16)18-2/h3-8H,1-2H3. The van der Waals surface area contributed by atoms with E-state index >= 15 is 0 Å². The third-order valence-corrected chi connectivity index (χ3v) is 2.47. The second kappa shape index (κ2) is 5.27. The molecule has 0 amide bonds. The van der Waals surface area contributed by atoms with Crippen LogP contribution in [0, 0.1) is 0 Å². The number of esters is 1. The molecule has 0 unspecified atom stereocenters. The van der Waals surface area contributed by atoms with Crippen molar-refractivity contribution in [3.8, 4) is 17.0 Å². The zero-order valence-electron chi connectivity index (χ0n) is 10.1. The first-order chi connectivity index (χ1) is 8.76. The first-order valence-corrected chi connectivity index (χ1v) is 5.29. The van der Waals surface area contributed by atoms with Gasteiger partial charge in [0.2, 0.25) is 0 Å². The summed E-state index contributed by atoms with van der Waals surface area (Å²) in [7, 11) is 2.83. The number of hydrogen-bond acceptors (Lipinski definition) is 5. The van der Waals surface area contributed by atoms with Crippen LogP contribution in [0.4, 0.5) is 0 Å². The third-order valence-electron chi connectivity index (χ3n) is 2.47. The largest absolute Gasteiger partial charge is 0.496 e. The molecule has 0 bridgehead atoms. The fourth-order valence-corrected chi connectivity index (χ4v) is 1.58. The number of methoxy groups -OCH3 is 2. The highest BCUT2D eigenvalue weighted by molar-refractivity contribution is 5.93. The molecule has 0 spiro atoms. The molecule has 1 aromatic carbocycles. The van der Waals surface area contributed by atoms with Gasteiger partial charge in [0.15, 0.2) is 0 Å². The molecule has 0 aliphatic heterocycles. The zero-order valence-corrected chi connectivity index (χ0v) is 10.1. The molecule has 0 aliphatic carbocycles. The van der Waals surface area contributed by atoms with Gasteiger partial charge < -0.3 is 9.47 Å². The van der Waals surface area contributed by atoms with Gasteiger partial charge in [-0.2, -0.15) is 0 Å². The first kappa shape index (κ1) is 12.0. The summed E-state index contributed by atoms with van der Waals surface area (Å²) in [6.07, 6.45) is 4.85. The van der Waals surface area contributed by atoms with Gasteiger partial charge in [-0.3, -0.25) is 9.97 Å². The predicted octanol–water partition coefficient (Wildman–Crippen LogP) is 1.94. The Morgan fingerprint density at radius 3 is 2.67 bits per heavy atom. The second-order valence-corrected chi connectivity index (χ2v) is 3.50. The van der Waals surface area contributed by atoms with Crippen molar-refractivity contribution in [2.45, 2.75) is 0 Å². The number of aromatic nitrogens is 2. The zero-order chi connectivity index (χ0) is 13.0. The van der Waals surface area contributed by atoms with Gasteiger partial charge in [0.1, 0.15) is 11.3 Å². The van der Waals surface area contributed by atoms with E-state index in [-0.39, 0.29) is 0 Å². The van der Waals surface area contributed by atoms with Crippen LogP contribution in [0.5, 0.6) is 5.75 Å². The molecular weight excluding hydrogens is 232 g/mol. The van der Waals surface area contributed by atoms with Crippen LogP contribution in [0.1, 0.15) is 10.4 Å². The average Bonchev–Trinajstić information content (AvgIpc) is 2.46. The van der Waals surface area contributed by atoms with Gasteiger partial charge in [0.05, 0.1) is 26.1 Å². The van der Waals surface area contributed by atoms with Gasteiger partial charge in [-0.1, -0.05) is 6.07 Å². The van der Waals surface area contributed by atoms with E-state index in [4.69, 9.17) is 4.74 Å². The molecule has 1 heterocycles. The maximum absolute atomic E-state index is 11.5. The molecule has 5 nitrogen and oxygen atoms in total. The van der Waals surface area contributed by atoms with Gasteiger partial charge >= 0.3 is 5.97 Å². The van der Waals surface area contributed by atoms with E-state index in [0.717, 1.165) is 5.56 Å². The van der Waals surface area contributed by atoms with Gasteiger partial charge in [0.25, 0.3) is 0 Å². The van der Waals surface area contributed by atoms with E-state index < -0.39 is 5.97 Å². The Kier molecular flexibility index (Phi) is 3.52. The van der Waals surface area contributed by atoms with E-state index in [2.05, 4.69) is 14.7 Å². The van der Waals surface area contributed by atoms with E-state index in [1.807, 2.05) is 0 Å². The van der Waals surface area contributed by atoms with E-state index in [1.165, 1.54) is 14.2 Å². The number of ether oxygens (including phenoxy) is 2. The van der Waals surface area contributed by atoms with Crippen molar-refractivity contribution in [3.05, 3.63) is 42.4 Å². The van der Waals surface area contributed by atoms with Crippen molar-refractivity contribution in [1.82, 2.24) is 9.97 Å². The van der Waals surface area contributed by atoms with Gasteiger partial charge in [-0.05, 0) is 12.1 Å². The highest BCUT2D eigenvalue weighted by atomic mass is 16.5. The van der Waals surface area contributed by atoms with Crippen LogP contribution in [-0.4, -0.2) is 30.2 Å². The molecule has 0 saturated carbocycles. The first-order valence-electron chi connectivity index (χ1n) is 5.29. The Labute approximate surface area is 104 Å². The maximum atomic E-state index is 11.5. The molecule has 1 aromatic heterocycles. The SMILES string of the molecule is COC(=O)c1ccc(-c2cnccn2)cc1OC. The highest BCUT2D eigenvalue weighted by Gasteiger charge is 2.13. The lowest BCUT2D eigenvalue weighted by atomic mass is 10.1. The lowest BCUT2D eigenvalue weighted by Crippen LogP contribution is -2.04. The number of rotatable bonds is 3. The lowest BCUT2D eigenvalue weighted by molar-refractivity contribution is 0.0597. The molecule has 0 aliphatic rings. The quantitative estimate of drug-likeness (QED) is 0.772. The summed E-state index contributed by atoms with van der Waals surface area (Å²) in [6.45, 7) is 0. The van der Waals surface area contributed by atoms with Crippen molar-refractivity contribution in [2.75, 3.05) is 14.2 Å². The Morgan fingerprint density at radius 1 is 1.22 bits per heavy atom. The molecular formula is C13H12N2O3. The molecule has 92 valence electrons. The van der Waals surface area contributed by atoms with Crippen molar-refractivity contribution in [1.29, 1.82) is 0 Å². The monoisotopic (exact) mass is 244 g/mol.